The van der Waals surface area contributed by atoms with Gasteiger partial charge in [0.15, 0.2) is 0 Å². The van der Waals surface area contributed by atoms with E-state index >= 15 is 0 Å². The van der Waals surface area contributed by atoms with Crippen LogP contribution in [0.4, 0.5) is 0 Å². The lowest BCUT2D eigenvalue weighted by atomic mass is 10.2. The molecule has 6 heteroatoms. The van der Waals surface area contributed by atoms with Crippen molar-refractivity contribution in [2.24, 2.45) is 0 Å². The highest BCUT2D eigenvalue weighted by Crippen LogP contribution is 2.26. The van der Waals surface area contributed by atoms with Gasteiger partial charge in [-0.3, -0.25) is 9.69 Å². The fourth-order valence-electron chi connectivity index (χ4n) is 2.47. The molecular weight excluding hydrogens is 333 g/mol. The van der Waals surface area contributed by atoms with Crippen molar-refractivity contribution >= 4 is 34.0 Å². The Morgan fingerprint density at radius 2 is 1.91 bits per heavy atom. The molecule has 3 aromatic rings. The van der Waals surface area contributed by atoms with Gasteiger partial charge in [-0.05, 0) is 24.7 Å². The van der Waals surface area contributed by atoms with Gasteiger partial charge >= 0.3 is 0 Å². The first kappa shape index (κ1) is 16.0. The fraction of sp³-hybridized carbons (Fsp3) is 0.176. The number of halogens is 2. The lowest BCUT2D eigenvalue weighted by Crippen LogP contribution is -2.31. The van der Waals surface area contributed by atoms with E-state index in [0.717, 1.165) is 10.9 Å². The highest BCUT2D eigenvalue weighted by atomic mass is 35.5. The average Bonchev–Trinajstić information content (AvgIpc) is 2.55. The van der Waals surface area contributed by atoms with Crippen LogP contribution in [0, 0.1) is 0 Å². The Balaban J connectivity index is 1.83. The number of nitrogens with zero attached hydrogens (tertiary/aromatic N) is 3. The maximum absolute atomic E-state index is 12.5. The van der Waals surface area contributed by atoms with E-state index in [4.69, 9.17) is 23.2 Å². The normalized spacial score (nSPS) is 11.3. The van der Waals surface area contributed by atoms with Gasteiger partial charge in [-0.15, -0.1) is 0 Å². The SMILES string of the molecule is CN(Cc1cccc(Cl)c1Cl)Cn1ncc2ccccc2c1=O. The zero-order valence-corrected chi connectivity index (χ0v) is 14.1. The van der Waals surface area contributed by atoms with Crippen molar-refractivity contribution in [3.05, 3.63) is 74.6 Å². The molecule has 0 radical (unpaired) electrons. The van der Waals surface area contributed by atoms with E-state index in [-0.39, 0.29) is 5.56 Å². The van der Waals surface area contributed by atoms with E-state index in [1.807, 2.05) is 48.3 Å². The summed E-state index contributed by atoms with van der Waals surface area (Å²) in [5.74, 6) is 0. The molecule has 0 bridgehead atoms. The summed E-state index contributed by atoms with van der Waals surface area (Å²) in [6.45, 7) is 0.937. The predicted molar refractivity (Wildman–Crippen MR) is 93.9 cm³/mol. The van der Waals surface area contributed by atoms with E-state index in [2.05, 4.69) is 5.10 Å². The van der Waals surface area contributed by atoms with Gasteiger partial charge in [0.25, 0.3) is 5.56 Å². The summed E-state index contributed by atoms with van der Waals surface area (Å²) in [6, 6.07) is 13.0. The Bertz CT molecular complexity index is 908. The van der Waals surface area contributed by atoms with Gasteiger partial charge in [0.2, 0.25) is 0 Å². The molecule has 23 heavy (non-hydrogen) atoms. The van der Waals surface area contributed by atoms with Crippen LogP contribution in [0.5, 0.6) is 0 Å². The summed E-state index contributed by atoms with van der Waals surface area (Å²) in [6.07, 6.45) is 1.71. The summed E-state index contributed by atoms with van der Waals surface area (Å²) in [4.78, 5) is 14.4. The lowest BCUT2D eigenvalue weighted by molar-refractivity contribution is 0.241. The average molecular weight is 348 g/mol. The van der Waals surface area contributed by atoms with Crippen LogP contribution in [0.2, 0.25) is 10.0 Å². The highest BCUT2D eigenvalue weighted by molar-refractivity contribution is 6.42. The Hall–Kier alpha value is -1.88. The standard InChI is InChI=1S/C17H15Cl2N3O/c1-21(10-13-6-4-8-15(18)16(13)19)11-22-17(23)14-7-3-2-5-12(14)9-20-22/h2-9H,10-11H2,1H3. The van der Waals surface area contributed by atoms with Crippen LogP contribution in [0.1, 0.15) is 5.56 Å². The third-order valence-corrected chi connectivity index (χ3v) is 4.47. The third kappa shape index (κ3) is 3.39. The van der Waals surface area contributed by atoms with Crippen LogP contribution >= 0.6 is 23.2 Å². The Labute approximate surface area is 143 Å². The number of hydrogen-bond acceptors (Lipinski definition) is 3. The number of rotatable bonds is 4. The molecule has 1 aromatic heterocycles. The Kier molecular flexibility index (Phi) is 4.66. The van der Waals surface area contributed by atoms with Crippen LogP contribution in [0.3, 0.4) is 0 Å². The van der Waals surface area contributed by atoms with E-state index in [1.165, 1.54) is 4.68 Å². The molecule has 118 valence electrons. The molecule has 0 unspecified atom stereocenters. The van der Waals surface area contributed by atoms with E-state index in [9.17, 15) is 4.79 Å². The quantitative estimate of drug-likeness (QED) is 0.720. The van der Waals surface area contributed by atoms with E-state index in [0.29, 0.717) is 28.6 Å². The number of hydrogen-bond donors (Lipinski definition) is 0. The van der Waals surface area contributed by atoms with Crippen LogP contribution in [-0.2, 0) is 13.2 Å². The Morgan fingerprint density at radius 3 is 2.74 bits per heavy atom. The van der Waals surface area contributed by atoms with Gasteiger partial charge in [0, 0.05) is 11.9 Å². The fourth-order valence-corrected chi connectivity index (χ4v) is 2.85. The minimum absolute atomic E-state index is 0.104. The molecule has 0 atom stereocenters. The van der Waals surface area contributed by atoms with Crippen molar-refractivity contribution in [3.8, 4) is 0 Å². The third-order valence-electron chi connectivity index (χ3n) is 3.61. The van der Waals surface area contributed by atoms with Crippen molar-refractivity contribution in [2.75, 3.05) is 7.05 Å². The van der Waals surface area contributed by atoms with Crippen LogP contribution in [0.15, 0.2) is 53.5 Å². The molecule has 0 N–H and O–H groups in total. The smallest absolute Gasteiger partial charge is 0.275 e. The number of benzene rings is 2. The van der Waals surface area contributed by atoms with Crippen molar-refractivity contribution in [1.82, 2.24) is 14.7 Å². The predicted octanol–water partition coefficient (Wildman–Crippen LogP) is 3.79. The van der Waals surface area contributed by atoms with Crippen molar-refractivity contribution < 1.29 is 0 Å². The number of fused-ring (bicyclic) bond motifs is 1. The zero-order chi connectivity index (χ0) is 16.4. The first-order valence-electron chi connectivity index (χ1n) is 7.12. The minimum Gasteiger partial charge on any atom is -0.283 e. The molecule has 3 rings (SSSR count). The second kappa shape index (κ2) is 6.71. The lowest BCUT2D eigenvalue weighted by Gasteiger charge is -2.18. The van der Waals surface area contributed by atoms with Crippen LogP contribution in [0.25, 0.3) is 10.8 Å². The summed E-state index contributed by atoms with van der Waals surface area (Å²) in [7, 11) is 1.90. The van der Waals surface area contributed by atoms with Gasteiger partial charge in [-0.25, -0.2) is 4.68 Å². The zero-order valence-electron chi connectivity index (χ0n) is 12.5. The van der Waals surface area contributed by atoms with E-state index in [1.54, 1.807) is 12.3 Å². The molecule has 0 aliphatic heterocycles. The van der Waals surface area contributed by atoms with Crippen molar-refractivity contribution in [2.45, 2.75) is 13.2 Å². The number of aromatic nitrogens is 2. The maximum Gasteiger partial charge on any atom is 0.275 e. The monoisotopic (exact) mass is 347 g/mol. The van der Waals surface area contributed by atoms with Crippen molar-refractivity contribution in [3.63, 3.8) is 0 Å². The molecule has 0 aliphatic carbocycles. The molecule has 0 spiro atoms. The van der Waals surface area contributed by atoms with Gasteiger partial charge in [0.1, 0.15) is 0 Å². The Morgan fingerprint density at radius 1 is 1.13 bits per heavy atom. The van der Waals surface area contributed by atoms with Gasteiger partial charge in [-0.1, -0.05) is 53.5 Å². The molecule has 4 nitrogen and oxygen atoms in total. The van der Waals surface area contributed by atoms with Crippen LogP contribution < -0.4 is 5.56 Å². The van der Waals surface area contributed by atoms with Gasteiger partial charge in [-0.2, -0.15) is 5.10 Å². The molecule has 0 saturated carbocycles. The molecule has 0 saturated heterocycles. The molecule has 0 aliphatic rings. The molecule has 2 aromatic carbocycles. The first-order chi connectivity index (χ1) is 11.1. The topological polar surface area (TPSA) is 38.1 Å². The summed E-state index contributed by atoms with van der Waals surface area (Å²) < 4.78 is 1.45. The summed E-state index contributed by atoms with van der Waals surface area (Å²) in [5, 5.41) is 6.80. The van der Waals surface area contributed by atoms with Crippen LogP contribution in [-0.4, -0.2) is 21.7 Å². The van der Waals surface area contributed by atoms with Gasteiger partial charge < -0.3 is 0 Å². The van der Waals surface area contributed by atoms with Crippen molar-refractivity contribution in [1.29, 1.82) is 0 Å². The van der Waals surface area contributed by atoms with Gasteiger partial charge in [0.05, 0.1) is 28.3 Å². The molecule has 0 amide bonds. The largest absolute Gasteiger partial charge is 0.283 e. The molecular formula is C17H15Cl2N3O. The summed E-state index contributed by atoms with van der Waals surface area (Å²) >= 11 is 12.2. The van der Waals surface area contributed by atoms with E-state index < -0.39 is 0 Å². The first-order valence-corrected chi connectivity index (χ1v) is 7.88. The molecule has 0 fully saturated rings. The maximum atomic E-state index is 12.5. The summed E-state index contributed by atoms with van der Waals surface area (Å²) in [5.41, 5.74) is 0.808. The molecule has 1 heterocycles. The second-order valence-electron chi connectivity index (χ2n) is 5.41. The second-order valence-corrected chi connectivity index (χ2v) is 6.19. The minimum atomic E-state index is -0.104. The highest BCUT2D eigenvalue weighted by Gasteiger charge is 2.10.